The van der Waals surface area contributed by atoms with Gasteiger partial charge >= 0.3 is 5.97 Å². The first kappa shape index (κ1) is 18.3. The molecule has 0 aliphatic carbocycles. The zero-order valence-corrected chi connectivity index (χ0v) is 14.5. The van der Waals surface area contributed by atoms with Crippen molar-refractivity contribution in [1.29, 1.82) is 0 Å². The van der Waals surface area contributed by atoms with Crippen LogP contribution >= 0.6 is 0 Å². The fourth-order valence-corrected chi connectivity index (χ4v) is 5.09. The highest BCUT2D eigenvalue weighted by Gasteiger charge is 2.40. The number of nitro groups is 1. The van der Waals surface area contributed by atoms with E-state index in [1.54, 1.807) is 13.8 Å². The van der Waals surface area contributed by atoms with Crippen LogP contribution in [-0.4, -0.2) is 41.8 Å². The Kier molecular flexibility index (Phi) is 4.95. The van der Waals surface area contributed by atoms with Crippen LogP contribution in [0.4, 0.5) is 5.69 Å². The number of rotatable bonds is 4. The summed E-state index contributed by atoms with van der Waals surface area (Å²) in [6.07, 6.45) is 0.385. The number of carboxylic acid groups (broad SMARTS) is 1. The lowest BCUT2D eigenvalue weighted by molar-refractivity contribution is -0.388. The second-order valence-electron chi connectivity index (χ2n) is 6.31. The monoisotopic (exact) mass is 356 g/mol. The van der Waals surface area contributed by atoms with Gasteiger partial charge in [0.25, 0.3) is 5.69 Å². The molecule has 1 aliphatic heterocycles. The molecule has 1 saturated heterocycles. The normalized spacial score (nSPS) is 22.3. The van der Waals surface area contributed by atoms with Gasteiger partial charge in [-0.3, -0.25) is 14.9 Å². The van der Waals surface area contributed by atoms with E-state index in [9.17, 15) is 28.4 Å². The molecule has 0 saturated carbocycles. The lowest BCUT2D eigenvalue weighted by Gasteiger charge is -2.34. The number of carboxylic acids is 1. The van der Waals surface area contributed by atoms with Crippen LogP contribution in [0.15, 0.2) is 17.0 Å². The van der Waals surface area contributed by atoms with Gasteiger partial charge in [-0.15, -0.1) is 0 Å². The van der Waals surface area contributed by atoms with E-state index in [-0.39, 0.29) is 23.9 Å². The molecule has 0 spiro atoms. The van der Waals surface area contributed by atoms with E-state index in [0.717, 1.165) is 4.31 Å². The van der Waals surface area contributed by atoms with Gasteiger partial charge in [0.2, 0.25) is 10.0 Å². The fourth-order valence-electron chi connectivity index (χ4n) is 3.05. The molecule has 1 aliphatic rings. The van der Waals surface area contributed by atoms with Crippen LogP contribution in [0.3, 0.4) is 0 Å². The third-order valence-corrected chi connectivity index (χ3v) is 6.44. The Morgan fingerprint density at radius 2 is 1.96 bits per heavy atom. The van der Waals surface area contributed by atoms with Gasteiger partial charge in [0, 0.05) is 19.2 Å². The summed E-state index contributed by atoms with van der Waals surface area (Å²) >= 11 is 0. The van der Waals surface area contributed by atoms with Crippen molar-refractivity contribution in [2.24, 2.45) is 11.8 Å². The van der Waals surface area contributed by atoms with Crippen molar-refractivity contribution >= 4 is 21.7 Å². The molecule has 1 aromatic carbocycles. The zero-order valence-electron chi connectivity index (χ0n) is 13.7. The summed E-state index contributed by atoms with van der Waals surface area (Å²) in [6.45, 7) is 4.95. The number of hydrogen-bond acceptors (Lipinski definition) is 5. The average molecular weight is 356 g/mol. The summed E-state index contributed by atoms with van der Waals surface area (Å²) in [5.41, 5.74) is 0.455. The average Bonchev–Trinajstić information content (AvgIpc) is 2.48. The molecule has 2 atom stereocenters. The van der Waals surface area contributed by atoms with Crippen LogP contribution in [0.2, 0.25) is 0 Å². The molecule has 1 heterocycles. The Balaban J connectivity index is 2.57. The van der Waals surface area contributed by atoms with E-state index < -0.39 is 32.5 Å². The number of nitro benzene ring substituents is 1. The van der Waals surface area contributed by atoms with Crippen LogP contribution in [-0.2, 0) is 14.8 Å². The molecule has 9 heteroatoms. The Hall–Kier alpha value is -2.00. The first-order valence-electron chi connectivity index (χ1n) is 7.53. The summed E-state index contributed by atoms with van der Waals surface area (Å²) < 4.78 is 27.1. The highest BCUT2D eigenvalue weighted by atomic mass is 32.2. The number of carbonyl (C=O) groups is 1. The second kappa shape index (κ2) is 6.48. The minimum Gasteiger partial charge on any atom is -0.481 e. The molecular weight excluding hydrogens is 336 g/mol. The molecule has 0 aromatic heterocycles. The number of benzene rings is 1. The maximum absolute atomic E-state index is 13.0. The predicted molar refractivity (Wildman–Crippen MR) is 86.2 cm³/mol. The molecule has 0 bridgehead atoms. The van der Waals surface area contributed by atoms with Gasteiger partial charge in [-0.2, -0.15) is 4.31 Å². The summed E-state index contributed by atoms with van der Waals surface area (Å²) in [5.74, 6) is -2.01. The zero-order chi connectivity index (χ0) is 18.2. The molecule has 132 valence electrons. The molecule has 1 aromatic rings. The molecule has 1 fully saturated rings. The standard InChI is InChI=1S/C15H20N2O6S/c1-9-6-12(15(18)19)8-16(7-9)24(22,23)14-11(3)10(2)4-5-13(14)17(20)21/h4-5,9,12H,6-8H2,1-3H3,(H,18,19). The quantitative estimate of drug-likeness (QED) is 0.650. The van der Waals surface area contributed by atoms with Gasteiger partial charge in [-0.1, -0.05) is 13.0 Å². The molecule has 0 radical (unpaired) electrons. The number of piperidine rings is 1. The molecular formula is C15H20N2O6S. The summed E-state index contributed by atoms with van der Waals surface area (Å²) in [4.78, 5) is 21.5. The highest BCUT2D eigenvalue weighted by molar-refractivity contribution is 7.89. The third kappa shape index (κ3) is 3.27. The van der Waals surface area contributed by atoms with Crippen LogP contribution in [0, 0.1) is 35.8 Å². The van der Waals surface area contributed by atoms with Gasteiger partial charge in [0.05, 0.1) is 10.8 Å². The van der Waals surface area contributed by atoms with Crippen molar-refractivity contribution in [1.82, 2.24) is 4.31 Å². The van der Waals surface area contributed by atoms with E-state index in [1.165, 1.54) is 19.1 Å². The first-order valence-corrected chi connectivity index (χ1v) is 8.97. The Labute approximate surface area is 140 Å². The SMILES string of the molecule is Cc1ccc([N+](=O)[O-])c(S(=O)(=O)N2CC(C)CC(C(=O)O)C2)c1C. The van der Waals surface area contributed by atoms with Crippen molar-refractivity contribution in [2.45, 2.75) is 32.1 Å². The van der Waals surface area contributed by atoms with Crippen molar-refractivity contribution in [2.75, 3.05) is 13.1 Å². The van der Waals surface area contributed by atoms with Gasteiger partial charge in [0.1, 0.15) is 0 Å². The van der Waals surface area contributed by atoms with Crippen LogP contribution in [0.1, 0.15) is 24.5 Å². The van der Waals surface area contributed by atoms with Crippen molar-refractivity contribution in [3.05, 3.63) is 33.4 Å². The first-order chi connectivity index (χ1) is 11.1. The molecule has 0 amide bonds. The molecule has 8 nitrogen and oxygen atoms in total. The number of aryl methyl sites for hydroxylation is 1. The third-order valence-electron chi connectivity index (χ3n) is 4.43. The van der Waals surface area contributed by atoms with Crippen LogP contribution in [0.25, 0.3) is 0 Å². The lowest BCUT2D eigenvalue weighted by Crippen LogP contribution is -2.45. The minimum atomic E-state index is -4.16. The predicted octanol–water partition coefficient (Wildman–Crippen LogP) is 1.94. The van der Waals surface area contributed by atoms with Crippen LogP contribution in [0.5, 0.6) is 0 Å². The van der Waals surface area contributed by atoms with Gasteiger partial charge in [0.15, 0.2) is 4.90 Å². The summed E-state index contributed by atoms with van der Waals surface area (Å²) in [6, 6.07) is 2.68. The minimum absolute atomic E-state index is 0.140. The van der Waals surface area contributed by atoms with Crippen molar-refractivity contribution < 1.29 is 23.2 Å². The second-order valence-corrected chi connectivity index (χ2v) is 8.19. The van der Waals surface area contributed by atoms with E-state index in [4.69, 9.17) is 0 Å². The smallest absolute Gasteiger partial charge is 0.307 e. The van der Waals surface area contributed by atoms with Gasteiger partial charge in [-0.05, 0) is 37.3 Å². The fraction of sp³-hybridized carbons (Fsp3) is 0.533. The van der Waals surface area contributed by atoms with E-state index in [2.05, 4.69) is 0 Å². The van der Waals surface area contributed by atoms with E-state index >= 15 is 0 Å². The van der Waals surface area contributed by atoms with E-state index in [0.29, 0.717) is 17.5 Å². The van der Waals surface area contributed by atoms with E-state index in [1.807, 2.05) is 0 Å². The molecule has 24 heavy (non-hydrogen) atoms. The molecule has 1 N–H and O–H groups in total. The summed E-state index contributed by atoms with van der Waals surface area (Å²) in [5, 5.41) is 20.5. The Morgan fingerprint density at radius 3 is 2.50 bits per heavy atom. The number of sulfonamides is 1. The summed E-state index contributed by atoms with van der Waals surface area (Å²) in [7, 11) is -4.16. The number of hydrogen-bond donors (Lipinski definition) is 1. The number of aliphatic carboxylic acids is 1. The van der Waals surface area contributed by atoms with Crippen molar-refractivity contribution in [3.8, 4) is 0 Å². The topological polar surface area (TPSA) is 118 Å². The molecule has 2 rings (SSSR count). The molecule has 2 unspecified atom stereocenters. The maximum atomic E-state index is 13.0. The van der Waals surface area contributed by atoms with Crippen molar-refractivity contribution in [3.63, 3.8) is 0 Å². The Bertz CT molecular complexity index is 789. The maximum Gasteiger partial charge on any atom is 0.307 e. The van der Waals surface area contributed by atoms with Gasteiger partial charge in [-0.25, -0.2) is 8.42 Å². The Morgan fingerprint density at radius 1 is 1.33 bits per heavy atom. The van der Waals surface area contributed by atoms with Crippen LogP contribution < -0.4 is 0 Å². The number of nitrogens with zero attached hydrogens (tertiary/aromatic N) is 2. The largest absolute Gasteiger partial charge is 0.481 e. The lowest BCUT2D eigenvalue weighted by atomic mass is 9.92. The highest BCUT2D eigenvalue weighted by Crippen LogP contribution is 2.34. The van der Waals surface area contributed by atoms with Gasteiger partial charge < -0.3 is 5.11 Å².